The summed E-state index contributed by atoms with van der Waals surface area (Å²) in [6.45, 7) is 2.84. The largest absolute Gasteiger partial charge is 0.360 e. The van der Waals surface area contributed by atoms with Crippen molar-refractivity contribution in [2.45, 2.75) is 19.4 Å². The van der Waals surface area contributed by atoms with Gasteiger partial charge in [-0.1, -0.05) is 59.2 Å². The monoisotopic (exact) mass is 432 g/mol. The zero-order chi connectivity index (χ0) is 21.5. The molecule has 1 amide bonds. The van der Waals surface area contributed by atoms with E-state index < -0.39 is 0 Å². The number of amides is 1. The lowest BCUT2D eigenvalue weighted by molar-refractivity contribution is 0.0724. The summed E-state index contributed by atoms with van der Waals surface area (Å²) in [5.74, 6) is 0.417. The van der Waals surface area contributed by atoms with E-state index in [2.05, 4.69) is 22.4 Å². The normalized spacial score (nSPS) is 15.7. The summed E-state index contributed by atoms with van der Waals surface area (Å²) in [7, 11) is 1.90. The first-order valence-corrected chi connectivity index (χ1v) is 10.5. The fourth-order valence-corrected chi connectivity index (χ4v) is 4.51. The second kappa shape index (κ2) is 7.71. The minimum atomic E-state index is -0.114. The Morgan fingerprint density at radius 1 is 1.16 bits per heavy atom. The number of rotatable bonds is 3. The van der Waals surface area contributed by atoms with Gasteiger partial charge in [-0.2, -0.15) is 5.10 Å². The Morgan fingerprint density at radius 2 is 1.94 bits per heavy atom. The Labute approximate surface area is 185 Å². The molecule has 2 aromatic carbocycles. The average Bonchev–Trinajstić information content (AvgIpc) is 3.38. The van der Waals surface area contributed by atoms with Crippen molar-refractivity contribution < 1.29 is 9.32 Å². The molecule has 7 heteroatoms. The van der Waals surface area contributed by atoms with Crippen LogP contribution in [0.2, 0.25) is 5.02 Å². The van der Waals surface area contributed by atoms with Crippen molar-refractivity contribution in [2.75, 3.05) is 6.54 Å². The van der Waals surface area contributed by atoms with E-state index in [1.165, 1.54) is 5.56 Å². The summed E-state index contributed by atoms with van der Waals surface area (Å²) < 4.78 is 7.22. The van der Waals surface area contributed by atoms with Gasteiger partial charge in [0, 0.05) is 37.8 Å². The molecule has 0 N–H and O–H groups in total. The quantitative estimate of drug-likeness (QED) is 0.465. The Bertz CT molecular complexity index is 1280. The molecule has 0 aliphatic carbocycles. The lowest BCUT2D eigenvalue weighted by Gasteiger charge is -2.34. The van der Waals surface area contributed by atoms with E-state index in [1.807, 2.05) is 54.7 Å². The van der Waals surface area contributed by atoms with Gasteiger partial charge in [0.15, 0.2) is 0 Å². The van der Waals surface area contributed by atoms with Crippen LogP contribution in [0.4, 0.5) is 0 Å². The van der Waals surface area contributed by atoms with Crippen LogP contribution in [-0.4, -0.2) is 32.3 Å². The van der Waals surface area contributed by atoms with Gasteiger partial charge in [0.1, 0.15) is 17.0 Å². The zero-order valence-corrected chi connectivity index (χ0v) is 18.0. The van der Waals surface area contributed by atoms with Crippen molar-refractivity contribution in [1.29, 1.82) is 0 Å². The molecule has 0 unspecified atom stereocenters. The second-order valence-corrected chi connectivity index (χ2v) is 8.23. The number of benzene rings is 2. The van der Waals surface area contributed by atoms with Crippen LogP contribution < -0.4 is 0 Å². The van der Waals surface area contributed by atoms with Gasteiger partial charge in [-0.3, -0.25) is 9.48 Å². The third kappa shape index (κ3) is 3.43. The zero-order valence-electron chi connectivity index (χ0n) is 17.2. The molecular formula is C24H21ClN4O2. The van der Waals surface area contributed by atoms with E-state index in [4.69, 9.17) is 16.1 Å². The summed E-state index contributed by atoms with van der Waals surface area (Å²) in [5, 5.41) is 9.03. The average molecular weight is 433 g/mol. The number of fused-ring (bicyclic) bond motifs is 1. The summed E-state index contributed by atoms with van der Waals surface area (Å²) >= 11 is 6.39. The molecule has 0 bridgehead atoms. The van der Waals surface area contributed by atoms with Crippen LogP contribution in [0.1, 0.15) is 38.7 Å². The van der Waals surface area contributed by atoms with Gasteiger partial charge < -0.3 is 9.42 Å². The van der Waals surface area contributed by atoms with E-state index >= 15 is 0 Å². The maximum absolute atomic E-state index is 13.7. The predicted molar refractivity (Wildman–Crippen MR) is 118 cm³/mol. The van der Waals surface area contributed by atoms with Crippen LogP contribution in [0.3, 0.4) is 0 Å². The smallest absolute Gasteiger partial charge is 0.260 e. The van der Waals surface area contributed by atoms with E-state index in [0.717, 1.165) is 11.1 Å². The van der Waals surface area contributed by atoms with Crippen LogP contribution >= 0.6 is 11.6 Å². The van der Waals surface area contributed by atoms with Gasteiger partial charge in [-0.15, -0.1) is 0 Å². The number of nitrogens with zero attached hydrogens (tertiary/aromatic N) is 4. The molecule has 0 radical (unpaired) electrons. The number of carbonyl (C=O) groups excluding carboxylic acids is 1. The fourth-order valence-electron chi connectivity index (χ4n) is 4.29. The standard InChI is InChI=1S/C24H21ClN4O2/c1-15-22(23(27-31-15)19-9-5-6-10-21(19)25)24(30)29-13-16-7-3-4-8-18(16)20(14-29)17-11-26-28(2)12-17/h3-12,20H,13-14H2,1-2H3/t20-/m0/s1. The molecule has 3 heterocycles. The van der Waals surface area contributed by atoms with E-state index in [9.17, 15) is 4.79 Å². The van der Waals surface area contributed by atoms with Gasteiger partial charge in [0.25, 0.3) is 5.91 Å². The number of halogens is 1. The first-order valence-electron chi connectivity index (χ1n) is 10.1. The summed E-state index contributed by atoms with van der Waals surface area (Å²) in [6.07, 6.45) is 3.88. The predicted octanol–water partition coefficient (Wildman–Crippen LogP) is 4.82. The van der Waals surface area contributed by atoms with Crippen molar-refractivity contribution in [1.82, 2.24) is 19.8 Å². The number of hydrogen-bond donors (Lipinski definition) is 0. The van der Waals surface area contributed by atoms with Crippen molar-refractivity contribution in [3.63, 3.8) is 0 Å². The topological polar surface area (TPSA) is 64.2 Å². The van der Waals surface area contributed by atoms with Gasteiger partial charge in [-0.05, 0) is 29.7 Å². The van der Waals surface area contributed by atoms with E-state index in [-0.39, 0.29) is 11.8 Å². The molecule has 6 nitrogen and oxygen atoms in total. The Kier molecular flexibility index (Phi) is 4.87. The number of aromatic nitrogens is 3. The summed E-state index contributed by atoms with van der Waals surface area (Å²) in [6, 6.07) is 15.6. The first-order chi connectivity index (χ1) is 15.0. The highest BCUT2D eigenvalue weighted by Crippen LogP contribution is 2.36. The number of carbonyl (C=O) groups is 1. The van der Waals surface area contributed by atoms with Crippen molar-refractivity contribution in [2.24, 2.45) is 7.05 Å². The maximum atomic E-state index is 13.7. The highest BCUT2D eigenvalue weighted by atomic mass is 35.5. The first kappa shape index (κ1) is 19.6. The van der Waals surface area contributed by atoms with Crippen molar-refractivity contribution >= 4 is 17.5 Å². The van der Waals surface area contributed by atoms with Crippen LogP contribution in [0, 0.1) is 6.92 Å². The number of hydrogen-bond acceptors (Lipinski definition) is 4. The van der Waals surface area contributed by atoms with Crippen molar-refractivity contribution in [3.05, 3.63) is 94.0 Å². The maximum Gasteiger partial charge on any atom is 0.260 e. The SMILES string of the molecule is Cc1onc(-c2ccccc2Cl)c1C(=O)N1Cc2ccccc2[C@H](c2cnn(C)c2)C1. The molecule has 31 heavy (non-hydrogen) atoms. The lowest BCUT2D eigenvalue weighted by atomic mass is 9.85. The van der Waals surface area contributed by atoms with Gasteiger partial charge in [-0.25, -0.2) is 0 Å². The molecule has 0 saturated heterocycles. The Hall–Kier alpha value is -3.38. The highest BCUT2D eigenvalue weighted by Gasteiger charge is 2.33. The van der Waals surface area contributed by atoms with Crippen molar-refractivity contribution in [3.8, 4) is 11.3 Å². The molecule has 156 valence electrons. The van der Waals surface area contributed by atoms with E-state index in [1.54, 1.807) is 17.7 Å². The molecule has 0 spiro atoms. The molecule has 2 aromatic heterocycles. The molecule has 0 saturated carbocycles. The van der Waals surface area contributed by atoms with Crippen LogP contribution in [0.15, 0.2) is 65.4 Å². The minimum absolute atomic E-state index is 0.0477. The van der Waals surface area contributed by atoms with Gasteiger partial charge in [0.2, 0.25) is 0 Å². The molecule has 0 fully saturated rings. The van der Waals surface area contributed by atoms with E-state index in [0.29, 0.717) is 40.7 Å². The van der Waals surface area contributed by atoms with Crippen LogP contribution in [-0.2, 0) is 13.6 Å². The Morgan fingerprint density at radius 3 is 2.71 bits per heavy atom. The van der Waals surface area contributed by atoms with Crippen LogP contribution in [0.5, 0.6) is 0 Å². The lowest BCUT2D eigenvalue weighted by Crippen LogP contribution is -2.38. The molecule has 1 aliphatic heterocycles. The molecule has 1 atom stereocenters. The summed E-state index contributed by atoms with van der Waals surface area (Å²) in [4.78, 5) is 15.6. The molecular weight excluding hydrogens is 412 g/mol. The third-order valence-electron chi connectivity index (χ3n) is 5.81. The molecule has 1 aliphatic rings. The van der Waals surface area contributed by atoms with Gasteiger partial charge >= 0.3 is 0 Å². The van der Waals surface area contributed by atoms with Gasteiger partial charge in [0.05, 0.1) is 11.2 Å². The summed E-state index contributed by atoms with van der Waals surface area (Å²) in [5.41, 5.74) is 5.06. The minimum Gasteiger partial charge on any atom is -0.360 e. The highest BCUT2D eigenvalue weighted by molar-refractivity contribution is 6.33. The van der Waals surface area contributed by atoms with Crippen LogP contribution in [0.25, 0.3) is 11.3 Å². The fraction of sp³-hybridized carbons (Fsp3) is 0.208. The molecule has 5 rings (SSSR count). The second-order valence-electron chi connectivity index (χ2n) is 7.83. The Balaban J connectivity index is 1.55. The molecule has 4 aromatic rings. The third-order valence-corrected chi connectivity index (χ3v) is 6.14. The number of aryl methyl sites for hydroxylation is 2.